The molecule has 9 nitrogen and oxygen atoms in total. The highest BCUT2D eigenvalue weighted by Crippen LogP contribution is 2.17. The van der Waals surface area contributed by atoms with E-state index in [0.717, 1.165) is 11.1 Å². The lowest BCUT2D eigenvalue weighted by atomic mass is 10.3. The zero-order valence-electron chi connectivity index (χ0n) is 10.00. The van der Waals surface area contributed by atoms with Crippen LogP contribution >= 0.6 is 0 Å². The van der Waals surface area contributed by atoms with Crippen molar-refractivity contribution in [2.75, 3.05) is 7.05 Å². The van der Waals surface area contributed by atoms with Crippen molar-refractivity contribution < 1.29 is 14.5 Å². The van der Waals surface area contributed by atoms with Gasteiger partial charge in [-0.15, -0.1) is 0 Å². The molecule has 18 heavy (non-hydrogen) atoms. The van der Waals surface area contributed by atoms with Crippen molar-refractivity contribution in [3.63, 3.8) is 0 Å². The molecule has 0 saturated carbocycles. The topological polar surface area (TPSA) is 122 Å². The summed E-state index contributed by atoms with van der Waals surface area (Å²) >= 11 is 0. The van der Waals surface area contributed by atoms with E-state index in [1.165, 1.54) is 20.9 Å². The third-order valence-electron chi connectivity index (χ3n) is 2.09. The Morgan fingerprint density at radius 1 is 1.50 bits per heavy atom. The number of nitro groups is 1. The molecule has 0 radical (unpaired) electrons. The normalized spacial score (nSPS) is 11.2. The molecule has 1 aromatic heterocycles. The van der Waals surface area contributed by atoms with E-state index in [-0.39, 0.29) is 17.2 Å². The van der Waals surface area contributed by atoms with Gasteiger partial charge < -0.3 is 0 Å². The summed E-state index contributed by atoms with van der Waals surface area (Å²) in [4.78, 5) is 37.0. The number of hydrogen-bond donors (Lipinski definition) is 1. The van der Waals surface area contributed by atoms with Crippen LogP contribution in [0.15, 0.2) is 11.2 Å². The minimum Gasteiger partial charge on any atom is -0.298 e. The second-order valence-electron chi connectivity index (χ2n) is 3.42. The SMILES string of the molecule is CC(=O)N=C(c1[nH]ncc1[N+](=O)[O-])N(C)C(C)=O. The Balaban J connectivity index is 3.35. The lowest BCUT2D eigenvalue weighted by molar-refractivity contribution is -0.385. The Hall–Kier alpha value is -2.58. The van der Waals surface area contributed by atoms with Crippen LogP contribution in [0, 0.1) is 10.1 Å². The highest BCUT2D eigenvalue weighted by molar-refractivity contribution is 6.11. The maximum Gasteiger partial charge on any atom is 0.317 e. The molecule has 0 spiro atoms. The van der Waals surface area contributed by atoms with Crippen LogP contribution < -0.4 is 0 Å². The summed E-state index contributed by atoms with van der Waals surface area (Å²) in [7, 11) is 1.36. The zero-order chi connectivity index (χ0) is 13.9. The summed E-state index contributed by atoms with van der Waals surface area (Å²) in [5.74, 6) is -1.14. The number of hydrogen-bond acceptors (Lipinski definition) is 5. The molecule has 0 bridgehead atoms. The van der Waals surface area contributed by atoms with Gasteiger partial charge >= 0.3 is 5.69 Å². The van der Waals surface area contributed by atoms with Gasteiger partial charge in [0.2, 0.25) is 11.8 Å². The molecule has 9 heteroatoms. The molecule has 0 atom stereocenters. The maximum absolute atomic E-state index is 11.3. The number of nitrogens with one attached hydrogen (secondary N) is 1. The number of rotatable bonds is 2. The van der Waals surface area contributed by atoms with E-state index in [0.29, 0.717) is 0 Å². The summed E-state index contributed by atoms with van der Waals surface area (Å²) in [6.07, 6.45) is 0.985. The number of amides is 2. The van der Waals surface area contributed by atoms with Crippen LogP contribution in [0.2, 0.25) is 0 Å². The molecule has 1 heterocycles. The maximum atomic E-state index is 11.3. The van der Waals surface area contributed by atoms with Crippen molar-refractivity contribution in [3.05, 3.63) is 22.0 Å². The molecular weight excluding hydrogens is 242 g/mol. The number of H-pyrrole nitrogens is 1. The molecule has 0 aliphatic heterocycles. The highest BCUT2D eigenvalue weighted by Gasteiger charge is 2.25. The van der Waals surface area contributed by atoms with Crippen LogP contribution in [0.3, 0.4) is 0 Å². The van der Waals surface area contributed by atoms with E-state index in [4.69, 9.17) is 0 Å². The smallest absolute Gasteiger partial charge is 0.298 e. The Bertz CT molecular complexity index is 533. The van der Waals surface area contributed by atoms with Gasteiger partial charge in [0.25, 0.3) is 0 Å². The van der Waals surface area contributed by atoms with Gasteiger partial charge in [-0.05, 0) is 0 Å². The van der Waals surface area contributed by atoms with Gasteiger partial charge in [-0.3, -0.25) is 29.7 Å². The van der Waals surface area contributed by atoms with Crippen molar-refractivity contribution in [1.82, 2.24) is 15.1 Å². The van der Waals surface area contributed by atoms with Crippen LogP contribution in [0.1, 0.15) is 19.5 Å². The number of amidine groups is 1. The quantitative estimate of drug-likeness (QED) is 0.346. The van der Waals surface area contributed by atoms with Gasteiger partial charge in [-0.1, -0.05) is 0 Å². The Morgan fingerprint density at radius 2 is 2.11 bits per heavy atom. The van der Waals surface area contributed by atoms with Gasteiger partial charge in [0, 0.05) is 20.9 Å². The zero-order valence-corrected chi connectivity index (χ0v) is 10.00. The fraction of sp³-hybridized carbons (Fsp3) is 0.333. The highest BCUT2D eigenvalue weighted by atomic mass is 16.6. The Kier molecular flexibility index (Phi) is 3.87. The van der Waals surface area contributed by atoms with Gasteiger partial charge in [0.05, 0.1) is 4.92 Å². The first-order valence-corrected chi connectivity index (χ1v) is 4.86. The number of aliphatic imine (C=N–C) groups is 1. The molecule has 0 aliphatic carbocycles. The standard InChI is InChI=1S/C9H11N5O4/c1-5(15)11-9(13(3)6(2)16)8-7(14(17)18)4-10-12-8/h4H,1-3H3,(H,10,12). The summed E-state index contributed by atoms with van der Waals surface area (Å²) in [6.45, 7) is 2.42. The first kappa shape index (κ1) is 13.5. The molecule has 0 fully saturated rings. The minimum atomic E-state index is -0.678. The van der Waals surface area contributed by atoms with E-state index in [2.05, 4.69) is 15.2 Å². The number of nitrogens with zero attached hydrogens (tertiary/aromatic N) is 4. The Labute approximate surface area is 102 Å². The Morgan fingerprint density at radius 3 is 2.56 bits per heavy atom. The second kappa shape index (κ2) is 5.17. The van der Waals surface area contributed by atoms with Crippen molar-refractivity contribution in [3.8, 4) is 0 Å². The molecule has 0 aromatic carbocycles. The first-order valence-electron chi connectivity index (χ1n) is 4.86. The van der Waals surface area contributed by atoms with Crippen LogP contribution in [-0.2, 0) is 9.59 Å². The van der Waals surface area contributed by atoms with E-state index >= 15 is 0 Å². The van der Waals surface area contributed by atoms with Gasteiger partial charge in [0.15, 0.2) is 11.5 Å². The third kappa shape index (κ3) is 2.75. The monoisotopic (exact) mass is 253 g/mol. The van der Waals surface area contributed by atoms with Crippen molar-refractivity contribution in [1.29, 1.82) is 0 Å². The third-order valence-corrected chi connectivity index (χ3v) is 2.09. The van der Waals surface area contributed by atoms with Crippen molar-refractivity contribution in [2.45, 2.75) is 13.8 Å². The van der Waals surface area contributed by atoms with Gasteiger partial charge in [0.1, 0.15) is 6.20 Å². The largest absolute Gasteiger partial charge is 0.317 e. The lowest BCUT2D eigenvalue weighted by Crippen LogP contribution is -2.33. The molecule has 1 aromatic rings. The average Bonchev–Trinajstić information content (AvgIpc) is 2.73. The molecular formula is C9H11N5O4. The number of aromatic amines is 1. The van der Waals surface area contributed by atoms with Crippen LogP contribution in [0.25, 0.3) is 0 Å². The molecule has 0 aliphatic rings. The van der Waals surface area contributed by atoms with E-state index < -0.39 is 16.7 Å². The van der Waals surface area contributed by atoms with Crippen LogP contribution in [-0.4, -0.2) is 44.7 Å². The summed E-state index contributed by atoms with van der Waals surface area (Å²) in [5, 5.41) is 16.6. The predicted molar refractivity (Wildman–Crippen MR) is 60.9 cm³/mol. The number of aromatic nitrogens is 2. The first-order chi connectivity index (χ1) is 8.34. The summed E-state index contributed by atoms with van der Waals surface area (Å²) < 4.78 is 0. The minimum absolute atomic E-state index is 0.0899. The summed E-state index contributed by atoms with van der Waals surface area (Å²) in [5.41, 5.74) is -0.448. The molecule has 0 saturated heterocycles. The van der Waals surface area contributed by atoms with E-state index in [1.54, 1.807) is 0 Å². The van der Waals surface area contributed by atoms with Crippen molar-refractivity contribution >= 4 is 23.3 Å². The average molecular weight is 253 g/mol. The second-order valence-corrected chi connectivity index (χ2v) is 3.42. The molecule has 2 amide bonds. The molecule has 96 valence electrons. The summed E-state index contributed by atoms with van der Waals surface area (Å²) in [6, 6.07) is 0. The van der Waals surface area contributed by atoms with Gasteiger partial charge in [-0.25, -0.2) is 0 Å². The molecule has 1 N–H and O–H groups in total. The molecule has 0 unspecified atom stereocenters. The lowest BCUT2D eigenvalue weighted by Gasteiger charge is -2.15. The van der Waals surface area contributed by atoms with E-state index in [9.17, 15) is 19.7 Å². The van der Waals surface area contributed by atoms with Gasteiger partial charge in [-0.2, -0.15) is 10.1 Å². The van der Waals surface area contributed by atoms with Crippen LogP contribution in [0.5, 0.6) is 0 Å². The van der Waals surface area contributed by atoms with Crippen molar-refractivity contribution in [2.24, 2.45) is 4.99 Å². The van der Waals surface area contributed by atoms with E-state index in [1.807, 2.05) is 0 Å². The number of carbonyl (C=O) groups excluding carboxylic acids is 2. The fourth-order valence-electron chi connectivity index (χ4n) is 1.18. The predicted octanol–water partition coefficient (Wildman–Crippen LogP) is 0.0893. The van der Waals surface area contributed by atoms with Crippen LogP contribution in [0.4, 0.5) is 5.69 Å². The molecule has 1 rings (SSSR count). The fourth-order valence-corrected chi connectivity index (χ4v) is 1.18. The number of carbonyl (C=O) groups is 2.